The molecule has 0 atom stereocenters. The lowest BCUT2D eigenvalue weighted by atomic mass is 9.91. The van der Waals surface area contributed by atoms with Crippen molar-refractivity contribution in [2.24, 2.45) is 0 Å². The van der Waals surface area contributed by atoms with Gasteiger partial charge in [0.25, 0.3) is 0 Å². The predicted octanol–water partition coefficient (Wildman–Crippen LogP) is 2.90. The highest BCUT2D eigenvalue weighted by molar-refractivity contribution is 5.88. The molecule has 0 spiro atoms. The summed E-state index contributed by atoms with van der Waals surface area (Å²) in [5, 5.41) is 12.2. The number of anilines is 1. The van der Waals surface area contributed by atoms with Crippen molar-refractivity contribution in [2.75, 3.05) is 11.9 Å². The van der Waals surface area contributed by atoms with E-state index in [0.29, 0.717) is 5.82 Å². The summed E-state index contributed by atoms with van der Waals surface area (Å²) >= 11 is 0. The van der Waals surface area contributed by atoms with Crippen LogP contribution in [-0.2, 0) is 5.41 Å². The van der Waals surface area contributed by atoms with Gasteiger partial charge in [0.1, 0.15) is 5.82 Å². The standard InChI is InChI=1S/C13H20N2O2/c1-5-6-14-11-8-9(12(16)17)7-10(15-11)13(2,3)4/h7-8H,5-6H2,1-4H3,(H,14,15)(H,16,17). The SMILES string of the molecule is CCCNc1cc(C(=O)O)cc(C(C)(C)C)n1. The Morgan fingerprint density at radius 3 is 2.53 bits per heavy atom. The van der Waals surface area contributed by atoms with E-state index in [1.54, 1.807) is 12.1 Å². The van der Waals surface area contributed by atoms with Crippen molar-refractivity contribution < 1.29 is 9.90 Å². The number of nitrogens with one attached hydrogen (secondary N) is 1. The van der Waals surface area contributed by atoms with Crippen LogP contribution < -0.4 is 5.32 Å². The Morgan fingerprint density at radius 1 is 1.41 bits per heavy atom. The fraction of sp³-hybridized carbons (Fsp3) is 0.538. The zero-order valence-electron chi connectivity index (χ0n) is 10.9. The first kappa shape index (κ1) is 13.5. The van der Waals surface area contributed by atoms with E-state index in [-0.39, 0.29) is 11.0 Å². The molecule has 4 nitrogen and oxygen atoms in total. The van der Waals surface area contributed by atoms with E-state index in [2.05, 4.69) is 17.2 Å². The molecule has 0 fully saturated rings. The van der Waals surface area contributed by atoms with Crippen molar-refractivity contribution in [3.8, 4) is 0 Å². The van der Waals surface area contributed by atoms with Crippen LogP contribution in [0, 0.1) is 0 Å². The Balaban J connectivity index is 3.14. The third kappa shape index (κ3) is 3.73. The van der Waals surface area contributed by atoms with E-state index in [0.717, 1.165) is 18.7 Å². The Labute approximate surface area is 102 Å². The number of carboxylic acids is 1. The van der Waals surface area contributed by atoms with Gasteiger partial charge in [0.15, 0.2) is 0 Å². The molecule has 0 saturated heterocycles. The smallest absolute Gasteiger partial charge is 0.335 e. The third-order valence-electron chi connectivity index (χ3n) is 2.40. The third-order valence-corrected chi connectivity index (χ3v) is 2.40. The van der Waals surface area contributed by atoms with E-state index >= 15 is 0 Å². The van der Waals surface area contributed by atoms with Gasteiger partial charge in [-0.25, -0.2) is 9.78 Å². The van der Waals surface area contributed by atoms with Gasteiger partial charge in [0.2, 0.25) is 0 Å². The number of carboxylic acid groups (broad SMARTS) is 1. The van der Waals surface area contributed by atoms with E-state index < -0.39 is 5.97 Å². The number of hydrogen-bond donors (Lipinski definition) is 2. The minimum Gasteiger partial charge on any atom is -0.478 e. The molecular formula is C13H20N2O2. The lowest BCUT2D eigenvalue weighted by Crippen LogP contribution is -2.16. The fourth-order valence-corrected chi connectivity index (χ4v) is 1.38. The van der Waals surface area contributed by atoms with Crippen LogP contribution >= 0.6 is 0 Å². The molecule has 1 rings (SSSR count). The van der Waals surface area contributed by atoms with Crippen molar-refractivity contribution in [1.82, 2.24) is 4.98 Å². The van der Waals surface area contributed by atoms with Crippen molar-refractivity contribution >= 4 is 11.8 Å². The van der Waals surface area contributed by atoms with Crippen LogP contribution in [0.2, 0.25) is 0 Å². The number of rotatable bonds is 4. The normalized spacial score (nSPS) is 11.3. The Hall–Kier alpha value is -1.58. The summed E-state index contributed by atoms with van der Waals surface area (Å²) in [5.41, 5.74) is 0.910. The molecule has 4 heteroatoms. The molecule has 0 aliphatic carbocycles. The van der Waals surface area contributed by atoms with Gasteiger partial charge < -0.3 is 10.4 Å². The zero-order valence-corrected chi connectivity index (χ0v) is 10.9. The van der Waals surface area contributed by atoms with Gasteiger partial charge in [-0.15, -0.1) is 0 Å². The molecule has 2 N–H and O–H groups in total. The predicted molar refractivity (Wildman–Crippen MR) is 68.7 cm³/mol. The quantitative estimate of drug-likeness (QED) is 0.843. The minimum absolute atomic E-state index is 0.159. The summed E-state index contributed by atoms with van der Waals surface area (Å²) in [6.45, 7) is 8.90. The van der Waals surface area contributed by atoms with Crippen molar-refractivity contribution in [3.05, 3.63) is 23.4 Å². The van der Waals surface area contributed by atoms with Crippen LogP contribution in [-0.4, -0.2) is 22.6 Å². The van der Waals surface area contributed by atoms with Crippen molar-refractivity contribution in [1.29, 1.82) is 0 Å². The van der Waals surface area contributed by atoms with Gasteiger partial charge in [-0.2, -0.15) is 0 Å². The van der Waals surface area contributed by atoms with E-state index in [4.69, 9.17) is 5.11 Å². The van der Waals surface area contributed by atoms with Crippen molar-refractivity contribution in [2.45, 2.75) is 39.5 Å². The highest BCUT2D eigenvalue weighted by atomic mass is 16.4. The molecule has 0 bridgehead atoms. The number of hydrogen-bond acceptors (Lipinski definition) is 3. The summed E-state index contributed by atoms with van der Waals surface area (Å²) in [5.74, 6) is -0.283. The molecule has 0 aliphatic rings. The monoisotopic (exact) mass is 236 g/mol. The highest BCUT2D eigenvalue weighted by Gasteiger charge is 2.18. The minimum atomic E-state index is -0.919. The zero-order chi connectivity index (χ0) is 13.1. The number of aromatic nitrogens is 1. The van der Waals surface area contributed by atoms with Gasteiger partial charge in [-0.1, -0.05) is 27.7 Å². The van der Waals surface area contributed by atoms with E-state index in [9.17, 15) is 4.79 Å². The van der Waals surface area contributed by atoms with E-state index in [1.807, 2.05) is 20.8 Å². The van der Waals surface area contributed by atoms with Gasteiger partial charge in [-0.05, 0) is 18.6 Å². The topological polar surface area (TPSA) is 62.2 Å². The lowest BCUT2D eigenvalue weighted by molar-refractivity contribution is 0.0696. The van der Waals surface area contributed by atoms with Gasteiger partial charge in [-0.3, -0.25) is 0 Å². The van der Waals surface area contributed by atoms with Crippen LogP contribution in [0.3, 0.4) is 0 Å². The first-order chi connectivity index (χ1) is 7.84. The molecule has 0 radical (unpaired) electrons. The Kier molecular flexibility index (Phi) is 4.10. The van der Waals surface area contributed by atoms with E-state index in [1.165, 1.54) is 0 Å². The second-order valence-corrected chi connectivity index (χ2v) is 5.11. The molecular weight excluding hydrogens is 216 g/mol. The maximum atomic E-state index is 11.1. The van der Waals surface area contributed by atoms with Crippen LogP contribution in [0.1, 0.15) is 50.2 Å². The number of nitrogens with zero attached hydrogens (tertiary/aromatic N) is 1. The van der Waals surface area contributed by atoms with Crippen LogP contribution in [0.15, 0.2) is 12.1 Å². The molecule has 1 aromatic heterocycles. The molecule has 1 heterocycles. The number of aromatic carboxylic acids is 1. The summed E-state index contributed by atoms with van der Waals surface area (Å²) in [7, 11) is 0. The second-order valence-electron chi connectivity index (χ2n) is 5.11. The van der Waals surface area contributed by atoms with Crippen LogP contribution in [0.25, 0.3) is 0 Å². The molecule has 1 aromatic rings. The van der Waals surface area contributed by atoms with Crippen LogP contribution in [0.5, 0.6) is 0 Å². The molecule has 0 aliphatic heterocycles. The summed E-state index contributed by atoms with van der Waals surface area (Å²) in [4.78, 5) is 15.5. The van der Waals surface area contributed by atoms with Crippen LogP contribution in [0.4, 0.5) is 5.82 Å². The van der Waals surface area contributed by atoms with Gasteiger partial charge >= 0.3 is 5.97 Å². The Bertz CT molecular complexity index is 408. The maximum Gasteiger partial charge on any atom is 0.335 e. The maximum absolute atomic E-state index is 11.1. The fourth-order valence-electron chi connectivity index (χ4n) is 1.38. The van der Waals surface area contributed by atoms with Gasteiger partial charge in [0.05, 0.1) is 5.56 Å². The molecule has 0 unspecified atom stereocenters. The highest BCUT2D eigenvalue weighted by Crippen LogP contribution is 2.23. The summed E-state index contributed by atoms with van der Waals surface area (Å²) in [6, 6.07) is 3.21. The average Bonchev–Trinajstić information content (AvgIpc) is 2.24. The molecule has 0 amide bonds. The largest absolute Gasteiger partial charge is 0.478 e. The molecule has 0 aromatic carbocycles. The summed E-state index contributed by atoms with van der Waals surface area (Å²) < 4.78 is 0. The summed E-state index contributed by atoms with van der Waals surface area (Å²) in [6.07, 6.45) is 0.976. The first-order valence-corrected chi connectivity index (χ1v) is 5.84. The Morgan fingerprint density at radius 2 is 2.06 bits per heavy atom. The second kappa shape index (κ2) is 5.17. The first-order valence-electron chi connectivity index (χ1n) is 5.84. The average molecular weight is 236 g/mol. The lowest BCUT2D eigenvalue weighted by Gasteiger charge is -2.19. The molecule has 0 saturated carbocycles. The molecule has 17 heavy (non-hydrogen) atoms. The van der Waals surface area contributed by atoms with Crippen molar-refractivity contribution in [3.63, 3.8) is 0 Å². The number of pyridine rings is 1. The molecule has 94 valence electrons. The van der Waals surface area contributed by atoms with Gasteiger partial charge in [0, 0.05) is 17.7 Å². The number of carbonyl (C=O) groups is 1.